The van der Waals surface area contributed by atoms with Crippen molar-refractivity contribution < 1.29 is 14.2 Å². The van der Waals surface area contributed by atoms with Crippen molar-refractivity contribution in [2.75, 3.05) is 32.8 Å². The lowest BCUT2D eigenvalue weighted by Gasteiger charge is -2.26. The molecular formula is C25H27NO3S. The van der Waals surface area contributed by atoms with E-state index in [1.54, 1.807) is 21.3 Å². The highest BCUT2D eigenvalue weighted by atomic mass is 32.2. The summed E-state index contributed by atoms with van der Waals surface area (Å²) < 4.78 is 16.6. The Labute approximate surface area is 182 Å². The minimum Gasteiger partial charge on any atom is -0.497 e. The highest BCUT2D eigenvalue weighted by Crippen LogP contribution is 2.46. The quantitative estimate of drug-likeness (QED) is 0.490. The molecule has 0 aliphatic carbocycles. The molecule has 0 radical (unpaired) electrons. The second-order valence-electron chi connectivity index (χ2n) is 7.21. The minimum atomic E-state index is 0.374. The summed E-state index contributed by atoms with van der Waals surface area (Å²) in [7, 11) is 5.10. The highest BCUT2D eigenvalue weighted by Gasteiger charge is 2.24. The third kappa shape index (κ3) is 4.21. The number of thioether (sulfide) groups is 1. The van der Waals surface area contributed by atoms with Crippen LogP contribution in [0.5, 0.6) is 17.2 Å². The highest BCUT2D eigenvalue weighted by molar-refractivity contribution is 7.99. The van der Waals surface area contributed by atoms with Crippen LogP contribution in [0, 0.1) is 0 Å². The van der Waals surface area contributed by atoms with Crippen LogP contribution in [0.4, 0.5) is 5.69 Å². The van der Waals surface area contributed by atoms with Gasteiger partial charge in [0.05, 0.1) is 27.0 Å². The average Bonchev–Trinajstić information content (AvgIpc) is 2.98. The van der Waals surface area contributed by atoms with Crippen LogP contribution in [0.1, 0.15) is 22.8 Å². The predicted octanol–water partition coefficient (Wildman–Crippen LogP) is 5.96. The van der Waals surface area contributed by atoms with Gasteiger partial charge in [0, 0.05) is 28.8 Å². The molecule has 0 spiro atoms. The van der Waals surface area contributed by atoms with Gasteiger partial charge >= 0.3 is 0 Å². The third-order valence-corrected chi connectivity index (χ3v) is 6.84. The van der Waals surface area contributed by atoms with Crippen molar-refractivity contribution in [3.8, 4) is 17.2 Å². The molecule has 4 rings (SSSR count). The Morgan fingerprint density at radius 3 is 2.53 bits per heavy atom. The van der Waals surface area contributed by atoms with E-state index in [0.29, 0.717) is 5.25 Å². The lowest BCUT2D eigenvalue weighted by Crippen LogP contribution is -2.24. The van der Waals surface area contributed by atoms with Crippen molar-refractivity contribution >= 4 is 17.4 Å². The molecule has 0 bridgehead atoms. The molecule has 0 unspecified atom stereocenters. The van der Waals surface area contributed by atoms with E-state index in [2.05, 4.69) is 53.4 Å². The number of hydrogen-bond donors (Lipinski definition) is 0. The van der Waals surface area contributed by atoms with Gasteiger partial charge in [-0.3, -0.25) is 0 Å². The molecule has 0 saturated heterocycles. The number of anilines is 1. The summed E-state index contributed by atoms with van der Waals surface area (Å²) in [6.07, 6.45) is 1.04. The first-order valence-corrected chi connectivity index (χ1v) is 11.0. The molecule has 3 aromatic rings. The molecule has 3 aromatic carbocycles. The molecule has 0 N–H and O–H groups in total. The van der Waals surface area contributed by atoms with Gasteiger partial charge in [0.15, 0.2) is 11.5 Å². The van der Waals surface area contributed by atoms with Crippen LogP contribution in [0.2, 0.25) is 0 Å². The van der Waals surface area contributed by atoms with Crippen molar-refractivity contribution in [3.63, 3.8) is 0 Å². The van der Waals surface area contributed by atoms with E-state index < -0.39 is 0 Å². The fourth-order valence-electron chi connectivity index (χ4n) is 3.95. The molecule has 1 aliphatic rings. The summed E-state index contributed by atoms with van der Waals surface area (Å²) in [5.74, 6) is 2.48. The minimum absolute atomic E-state index is 0.374. The molecule has 1 aliphatic heterocycles. The summed E-state index contributed by atoms with van der Waals surface area (Å²) in [6.45, 7) is 1.72. The maximum Gasteiger partial charge on any atom is 0.165 e. The van der Waals surface area contributed by atoms with Crippen LogP contribution in [-0.2, 0) is 6.54 Å². The van der Waals surface area contributed by atoms with Crippen LogP contribution < -0.4 is 19.1 Å². The molecule has 0 amide bonds. The Balaban J connectivity index is 1.65. The van der Waals surface area contributed by atoms with Gasteiger partial charge in [-0.15, -0.1) is 11.8 Å². The first-order chi connectivity index (χ1) is 14.7. The molecule has 1 heterocycles. The van der Waals surface area contributed by atoms with E-state index >= 15 is 0 Å². The lowest BCUT2D eigenvalue weighted by atomic mass is 10.1. The number of rotatable bonds is 6. The molecule has 30 heavy (non-hydrogen) atoms. The second kappa shape index (κ2) is 9.35. The van der Waals surface area contributed by atoms with E-state index in [0.717, 1.165) is 42.3 Å². The van der Waals surface area contributed by atoms with E-state index in [4.69, 9.17) is 14.2 Å². The van der Waals surface area contributed by atoms with E-state index in [1.807, 2.05) is 30.0 Å². The Morgan fingerprint density at radius 1 is 0.900 bits per heavy atom. The smallest absolute Gasteiger partial charge is 0.165 e. The molecule has 4 nitrogen and oxygen atoms in total. The lowest BCUT2D eigenvalue weighted by molar-refractivity contribution is 0.351. The Bertz CT molecular complexity index is 1010. The number of nitrogens with zero attached hydrogens (tertiary/aromatic N) is 1. The summed E-state index contributed by atoms with van der Waals surface area (Å²) >= 11 is 1.93. The number of methoxy groups -OCH3 is 3. The maximum atomic E-state index is 5.67. The number of fused-ring (bicyclic) bond motifs is 1. The average molecular weight is 422 g/mol. The summed E-state index contributed by atoms with van der Waals surface area (Å²) in [4.78, 5) is 3.74. The van der Waals surface area contributed by atoms with Crippen LogP contribution in [0.15, 0.2) is 71.6 Å². The first-order valence-electron chi connectivity index (χ1n) is 10.1. The topological polar surface area (TPSA) is 30.9 Å². The number of benzene rings is 3. The standard InChI is InChI=1S/C25H27NO3S/c1-27-20-10-6-8-18(16-20)23-14-15-26(21-11-4-5-13-24(21)30-23)17-19-9-7-12-22(28-2)25(19)29-3/h4-13,16,23H,14-15,17H2,1-3H3/t23-/m0/s1. The van der Waals surface area contributed by atoms with Gasteiger partial charge < -0.3 is 19.1 Å². The first kappa shape index (κ1) is 20.5. The van der Waals surface area contributed by atoms with E-state index in [-0.39, 0.29) is 0 Å². The molecule has 0 fully saturated rings. The molecule has 156 valence electrons. The molecule has 0 saturated carbocycles. The number of hydrogen-bond acceptors (Lipinski definition) is 5. The zero-order valence-corrected chi connectivity index (χ0v) is 18.4. The molecule has 5 heteroatoms. The molecule has 1 atom stereocenters. The van der Waals surface area contributed by atoms with Gasteiger partial charge in [0.1, 0.15) is 5.75 Å². The van der Waals surface area contributed by atoms with Crippen molar-refractivity contribution in [1.29, 1.82) is 0 Å². The SMILES string of the molecule is COc1cccc([C@@H]2CCN(Cc3cccc(OC)c3OC)c3ccccc3S2)c1. The van der Waals surface area contributed by atoms with Crippen LogP contribution in [0.25, 0.3) is 0 Å². The second-order valence-corrected chi connectivity index (χ2v) is 8.46. The van der Waals surface area contributed by atoms with Crippen LogP contribution >= 0.6 is 11.8 Å². The van der Waals surface area contributed by atoms with Crippen molar-refractivity contribution in [1.82, 2.24) is 0 Å². The monoisotopic (exact) mass is 421 g/mol. The number of ether oxygens (including phenoxy) is 3. The van der Waals surface area contributed by atoms with E-state index in [1.165, 1.54) is 16.1 Å². The summed E-state index contributed by atoms with van der Waals surface area (Å²) in [5.41, 5.74) is 3.68. The Kier molecular flexibility index (Phi) is 6.38. The van der Waals surface area contributed by atoms with Gasteiger partial charge in [-0.25, -0.2) is 0 Å². The van der Waals surface area contributed by atoms with Gasteiger partial charge in [0.25, 0.3) is 0 Å². The van der Waals surface area contributed by atoms with Crippen molar-refractivity contribution in [2.45, 2.75) is 23.1 Å². The normalized spacial score (nSPS) is 15.8. The summed E-state index contributed by atoms with van der Waals surface area (Å²) in [6, 6.07) is 23.2. The molecular weight excluding hydrogens is 394 g/mol. The van der Waals surface area contributed by atoms with Gasteiger partial charge in [-0.1, -0.05) is 36.4 Å². The zero-order chi connectivity index (χ0) is 20.9. The fraction of sp³-hybridized carbons (Fsp3) is 0.280. The van der Waals surface area contributed by atoms with Crippen molar-refractivity contribution in [3.05, 3.63) is 77.9 Å². The van der Waals surface area contributed by atoms with Gasteiger partial charge in [0.2, 0.25) is 0 Å². The third-order valence-electron chi connectivity index (χ3n) is 5.45. The number of para-hydroxylation sites is 2. The summed E-state index contributed by atoms with van der Waals surface area (Å²) in [5, 5.41) is 0.374. The predicted molar refractivity (Wildman–Crippen MR) is 123 cm³/mol. The maximum absolute atomic E-state index is 5.67. The van der Waals surface area contributed by atoms with Gasteiger partial charge in [-0.2, -0.15) is 0 Å². The largest absolute Gasteiger partial charge is 0.497 e. The molecule has 0 aromatic heterocycles. The van der Waals surface area contributed by atoms with Crippen LogP contribution in [-0.4, -0.2) is 27.9 Å². The van der Waals surface area contributed by atoms with E-state index in [9.17, 15) is 0 Å². The fourth-order valence-corrected chi connectivity index (χ4v) is 5.24. The van der Waals surface area contributed by atoms with Gasteiger partial charge in [-0.05, 0) is 42.3 Å². The zero-order valence-electron chi connectivity index (χ0n) is 17.6. The Hall–Kier alpha value is -2.79. The Morgan fingerprint density at radius 2 is 1.73 bits per heavy atom. The van der Waals surface area contributed by atoms with Crippen LogP contribution in [0.3, 0.4) is 0 Å². The van der Waals surface area contributed by atoms with Crippen molar-refractivity contribution in [2.24, 2.45) is 0 Å².